The van der Waals surface area contributed by atoms with Crippen LogP contribution in [0.4, 0.5) is 10.1 Å². The first-order chi connectivity index (χ1) is 8.42. The highest BCUT2D eigenvalue weighted by Gasteiger charge is 2.25. The molecule has 0 amide bonds. The summed E-state index contributed by atoms with van der Waals surface area (Å²) in [6.07, 6.45) is 0. The zero-order chi connectivity index (χ0) is 13.8. The number of aliphatic hydroxyl groups is 1. The molecule has 1 atom stereocenters. The molecule has 0 saturated carbocycles. The number of aliphatic hydroxyl groups excluding tert-OH is 1. The van der Waals surface area contributed by atoms with Crippen molar-refractivity contribution in [3.63, 3.8) is 0 Å². The third-order valence-corrected chi connectivity index (χ3v) is 3.79. The second kappa shape index (κ2) is 6.10. The Hall–Kier alpha value is -1.22. The van der Waals surface area contributed by atoms with Crippen molar-refractivity contribution < 1.29 is 22.7 Å². The second-order valence-corrected chi connectivity index (χ2v) is 5.27. The van der Waals surface area contributed by atoms with E-state index in [1.54, 1.807) is 0 Å². The summed E-state index contributed by atoms with van der Waals surface area (Å²) in [5.74, 6) is -0.948. The number of nitrogens with one attached hydrogen (secondary N) is 1. The van der Waals surface area contributed by atoms with Crippen LogP contribution in [0.25, 0.3) is 0 Å². The molecule has 8 heteroatoms. The SMILES string of the molecule is COCC(CO)NS(=O)(=O)c1c(N)cccc1F. The molecule has 4 N–H and O–H groups in total. The predicted octanol–water partition coefficient (Wildman–Crippen LogP) is -0.306. The maximum absolute atomic E-state index is 13.5. The molecule has 1 rings (SSSR count). The Kier molecular flexibility index (Phi) is 5.03. The van der Waals surface area contributed by atoms with Gasteiger partial charge < -0.3 is 15.6 Å². The summed E-state index contributed by atoms with van der Waals surface area (Å²) < 4.78 is 44.2. The van der Waals surface area contributed by atoms with Crippen molar-refractivity contribution in [1.82, 2.24) is 4.72 Å². The van der Waals surface area contributed by atoms with Crippen LogP contribution in [0, 0.1) is 5.82 Å². The van der Waals surface area contributed by atoms with Gasteiger partial charge in [0.2, 0.25) is 10.0 Å². The van der Waals surface area contributed by atoms with Gasteiger partial charge in [0.1, 0.15) is 10.7 Å². The van der Waals surface area contributed by atoms with E-state index in [-0.39, 0.29) is 12.3 Å². The van der Waals surface area contributed by atoms with E-state index < -0.39 is 33.4 Å². The lowest BCUT2D eigenvalue weighted by atomic mass is 10.3. The fraction of sp³-hybridized carbons (Fsp3) is 0.400. The fourth-order valence-electron chi connectivity index (χ4n) is 1.41. The summed E-state index contributed by atoms with van der Waals surface area (Å²) in [5.41, 5.74) is 5.25. The molecule has 0 saturated heterocycles. The maximum Gasteiger partial charge on any atom is 0.245 e. The van der Waals surface area contributed by atoms with Gasteiger partial charge in [0, 0.05) is 7.11 Å². The van der Waals surface area contributed by atoms with Gasteiger partial charge in [-0.2, -0.15) is 0 Å². The van der Waals surface area contributed by atoms with Crippen LogP contribution in [-0.2, 0) is 14.8 Å². The summed E-state index contributed by atoms with van der Waals surface area (Å²) in [6, 6.07) is 2.72. The van der Waals surface area contributed by atoms with Crippen LogP contribution in [0.2, 0.25) is 0 Å². The highest BCUT2D eigenvalue weighted by atomic mass is 32.2. The lowest BCUT2D eigenvalue weighted by Crippen LogP contribution is -2.41. The quantitative estimate of drug-likeness (QED) is 0.620. The summed E-state index contributed by atoms with van der Waals surface area (Å²) >= 11 is 0. The van der Waals surface area contributed by atoms with E-state index >= 15 is 0 Å². The zero-order valence-electron chi connectivity index (χ0n) is 9.76. The van der Waals surface area contributed by atoms with Crippen LogP contribution in [0.3, 0.4) is 0 Å². The Labute approximate surface area is 105 Å². The molecule has 0 aliphatic carbocycles. The smallest absolute Gasteiger partial charge is 0.245 e. The minimum atomic E-state index is -4.15. The van der Waals surface area contributed by atoms with E-state index in [4.69, 9.17) is 15.6 Å². The highest BCUT2D eigenvalue weighted by molar-refractivity contribution is 7.89. The van der Waals surface area contributed by atoms with E-state index in [0.717, 1.165) is 6.07 Å². The second-order valence-electron chi connectivity index (χ2n) is 3.61. The molecule has 0 aliphatic rings. The van der Waals surface area contributed by atoms with Crippen LogP contribution in [0.1, 0.15) is 0 Å². The number of anilines is 1. The minimum absolute atomic E-state index is 0.0376. The lowest BCUT2D eigenvalue weighted by Gasteiger charge is -2.16. The number of benzene rings is 1. The van der Waals surface area contributed by atoms with Gasteiger partial charge in [-0.25, -0.2) is 17.5 Å². The number of ether oxygens (including phenoxy) is 1. The first kappa shape index (κ1) is 14.8. The van der Waals surface area contributed by atoms with Crippen molar-refractivity contribution in [3.8, 4) is 0 Å². The minimum Gasteiger partial charge on any atom is -0.398 e. The van der Waals surface area contributed by atoms with Crippen molar-refractivity contribution in [2.75, 3.05) is 26.1 Å². The number of methoxy groups -OCH3 is 1. The van der Waals surface area contributed by atoms with Gasteiger partial charge in [0.15, 0.2) is 0 Å². The third kappa shape index (κ3) is 3.39. The molecule has 6 nitrogen and oxygen atoms in total. The first-order valence-corrected chi connectivity index (χ1v) is 6.56. The normalized spacial score (nSPS) is 13.5. The van der Waals surface area contributed by atoms with E-state index in [1.165, 1.54) is 19.2 Å². The van der Waals surface area contributed by atoms with Crippen LogP contribution >= 0.6 is 0 Å². The van der Waals surface area contributed by atoms with Gasteiger partial charge in [-0.05, 0) is 12.1 Å². The van der Waals surface area contributed by atoms with Gasteiger partial charge >= 0.3 is 0 Å². The van der Waals surface area contributed by atoms with Crippen LogP contribution in [-0.4, -0.2) is 39.9 Å². The molecule has 0 aliphatic heterocycles. The molecule has 0 bridgehead atoms. The standard InChI is InChI=1S/C10H15FN2O4S/c1-17-6-7(5-14)13-18(15,16)10-8(11)3-2-4-9(10)12/h2-4,7,13-14H,5-6,12H2,1H3. The Morgan fingerprint density at radius 3 is 2.72 bits per heavy atom. The number of hydrogen-bond acceptors (Lipinski definition) is 5. The van der Waals surface area contributed by atoms with Crippen molar-refractivity contribution >= 4 is 15.7 Å². The molecule has 0 spiro atoms. The Bertz CT molecular complexity index is 486. The number of nitrogens with two attached hydrogens (primary N) is 1. The van der Waals surface area contributed by atoms with Crippen LogP contribution in [0.5, 0.6) is 0 Å². The van der Waals surface area contributed by atoms with Crippen LogP contribution in [0.15, 0.2) is 23.1 Å². The lowest BCUT2D eigenvalue weighted by molar-refractivity contribution is 0.139. The average Bonchev–Trinajstić information content (AvgIpc) is 2.27. The molecule has 0 fully saturated rings. The molecular weight excluding hydrogens is 263 g/mol. The number of sulfonamides is 1. The van der Waals surface area contributed by atoms with Crippen molar-refractivity contribution in [2.24, 2.45) is 0 Å². The van der Waals surface area contributed by atoms with Crippen LogP contribution < -0.4 is 10.5 Å². The van der Waals surface area contributed by atoms with Gasteiger partial charge in [-0.3, -0.25) is 0 Å². The molecular formula is C10H15FN2O4S. The molecule has 1 unspecified atom stereocenters. The topological polar surface area (TPSA) is 102 Å². The summed E-state index contributed by atoms with van der Waals surface area (Å²) in [4.78, 5) is -0.625. The third-order valence-electron chi connectivity index (χ3n) is 2.18. The molecule has 0 heterocycles. The van der Waals surface area contributed by atoms with E-state index in [2.05, 4.69) is 4.72 Å². The largest absolute Gasteiger partial charge is 0.398 e. The Morgan fingerprint density at radius 2 is 2.22 bits per heavy atom. The average molecular weight is 278 g/mol. The molecule has 18 heavy (non-hydrogen) atoms. The summed E-state index contributed by atoms with van der Waals surface area (Å²) in [5, 5.41) is 8.97. The number of rotatable bonds is 6. The van der Waals surface area contributed by atoms with Gasteiger partial charge in [0.25, 0.3) is 0 Å². The fourth-order valence-corrected chi connectivity index (χ4v) is 2.81. The molecule has 0 radical (unpaired) electrons. The summed E-state index contributed by atoms with van der Waals surface area (Å²) in [7, 11) is -2.79. The molecule has 102 valence electrons. The van der Waals surface area contributed by atoms with Crippen molar-refractivity contribution in [2.45, 2.75) is 10.9 Å². The molecule has 1 aromatic rings. The van der Waals surface area contributed by atoms with E-state index in [0.29, 0.717) is 0 Å². The summed E-state index contributed by atoms with van der Waals surface area (Å²) in [6.45, 7) is -0.508. The monoisotopic (exact) mass is 278 g/mol. The van der Waals surface area contributed by atoms with E-state index in [9.17, 15) is 12.8 Å². The Balaban J connectivity index is 3.06. The Morgan fingerprint density at radius 1 is 1.56 bits per heavy atom. The van der Waals surface area contributed by atoms with Crippen molar-refractivity contribution in [3.05, 3.63) is 24.0 Å². The maximum atomic E-state index is 13.5. The van der Waals surface area contributed by atoms with Gasteiger partial charge in [0.05, 0.1) is 24.9 Å². The highest BCUT2D eigenvalue weighted by Crippen LogP contribution is 2.21. The number of hydrogen-bond donors (Lipinski definition) is 3. The number of nitrogen functional groups attached to an aromatic ring is 1. The molecule has 0 aromatic heterocycles. The van der Waals surface area contributed by atoms with Crippen molar-refractivity contribution in [1.29, 1.82) is 0 Å². The van der Waals surface area contributed by atoms with E-state index in [1.807, 2.05) is 0 Å². The zero-order valence-corrected chi connectivity index (χ0v) is 10.6. The number of halogens is 1. The molecule has 1 aromatic carbocycles. The van der Waals surface area contributed by atoms with Gasteiger partial charge in [-0.1, -0.05) is 6.07 Å². The predicted molar refractivity (Wildman–Crippen MR) is 63.9 cm³/mol. The van der Waals surface area contributed by atoms with Gasteiger partial charge in [-0.15, -0.1) is 0 Å². The first-order valence-electron chi connectivity index (χ1n) is 5.08.